The Morgan fingerprint density at radius 1 is 1.17 bits per heavy atom. The van der Waals surface area contributed by atoms with Gasteiger partial charge in [0.15, 0.2) is 0 Å². The number of methoxy groups -OCH3 is 1. The van der Waals surface area contributed by atoms with E-state index in [1.807, 2.05) is 0 Å². The standard InChI is InChI=1S/C13H19NO4/c1-16-12(15)14-6-4-13(5-7-14)10-17-8-2-3-9-18-11-13/h4-11H2,1H3. The topological polar surface area (TPSA) is 48.0 Å². The second kappa shape index (κ2) is 6.07. The van der Waals surface area contributed by atoms with Crippen LogP contribution in [0, 0.1) is 17.3 Å². The van der Waals surface area contributed by atoms with E-state index >= 15 is 0 Å². The fourth-order valence-corrected chi connectivity index (χ4v) is 2.36. The minimum Gasteiger partial charge on any atom is -0.453 e. The molecule has 0 aliphatic carbocycles. The number of rotatable bonds is 0. The van der Waals surface area contributed by atoms with E-state index in [0.29, 0.717) is 39.5 Å². The first-order valence-corrected chi connectivity index (χ1v) is 6.20. The number of hydrogen-bond acceptors (Lipinski definition) is 4. The lowest BCUT2D eigenvalue weighted by atomic mass is 9.80. The summed E-state index contributed by atoms with van der Waals surface area (Å²) in [5.74, 6) is 5.81. The maximum Gasteiger partial charge on any atom is 0.409 e. The van der Waals surface area contributed by atoms with E-state index in [9.17, 15) is 4.79 Å². The highest BCUT2D eigenvalue weighted by molar-refractivity contribution is 5.67. The molecule has 0 radical (unpaired) electrons. The number of nitrogens with zero attached hydrogens (tertiary/aromatic N) is 1. The molecule has 2 aliphatic rings. The van der Waals surface area contributed by atoms with Gasteiger partial charge in [0.25, 0.3) is 0 Å². The molecule has 18 heavy (non-hydrogen) atoms. The lowest BCUT2D eigenvalue weighted by molar-refractivity contribution is -0.0389. The highest BCUT2D eigenvalue weighted by Crippen LogP contribution is 2.32. The van der Waals surface area contributed by atoms with E-state index in [1.54, 1.807) is 4.90 Å². The summed E-state index contributed by atoms with van der Waals surface area (Å²) in [6, 6.07) is 0. The Morgan fingerprint density at radius 2 is 1.72 bits per heavy atom. The fourth-order valence-electron chi connectivity index (χ4n) is 2.36. The van der Waals surface area contributed by atoms with Crippen LogP contribution >= 0.6 is 0 Å². The molecule has 0 aromatic rings. The van der Waals surface area contributed by atoms with Crippen molar-refractivity contribution in [2.24, 2.45) is 5.41 Å². The fraction of sp³-hybridized carbons (Fsp3) is 0.769. The van der Waals surface area contributed by atoms with Crippen LogP contribution in [0.2, 0.25) is 0 Å². The zero-order valence-corrected chi connectivity index (χ0v) is 10.7. The largest absolute Gasteiger partial charge is 0.453 e. The zero-order valence-electron chi connectivity index (χ0n) is 10.7. The molecular formula is C13H19NO4. The summed E-state index contributed by atoms with van der Waals surface area (Å²) in [5, 5.41) is 0. The lowest BCUT2D eigenvalue weighted by Gasteiger charge is -2.40. The van der Waals surface area contributed by atoms with E-state index in [0.717, 1.165) is 12.8 Å². The third-order valence-corrected chi connectivity index (χ3v) is 3.55. The molecule has 1 amide bonds. The normalized spacial score (nSPS) is 23.3. The number of likely N-dealkylation sites (tertiary alicyclic amines) is 1. The van der Waals surface area contributed by atoms with Crippen molar-refractivity contribution in [1.82, 2.24) is 4.90 Å². The molecule has 0 saturated carbocycles. The van der Waals surface area contributed by atoms with Gasteiger partial charge in [-0.05, 0) is 12.8 Å². The van der Waals surface area contributed by atoms with E-state index in [-0.39, 0.29) is 11.5 Å². The first kappa shape index (κ1) is 13.2. The van der Waals surface area contributed by atoms with Crippen molar-refractivity contribution in [3.8, 4) is 11.8 Å². The van der Waals surface area contributed by atoms with E-state index in [2.05, 4.69) is 11.8 Å². The number of piperidine rings is 1. The van der Waals surface area contributed by atoms with Gasteiger partial charge in [0.05, 0.1) is 20.3 Å². The van der Waals surface area contributed by atoms with Gasteiger partial charge in [-0.25, -0.2) is 4.79 Å². The van der Waals surface area contributed by atoms with Gasteiger partial charge in [-0.2, -0.15) is 0 Å². The quantitative estimate of drug-likeness (QED) is 0.601. The third kappa shape index (κ3) is 3.15. The summed E-state index contributed by atoms with van der Waals surface area (Å²) in [6.45, 7) is 3.62. The first-order valence-electron chi connectivity index (χ1n) is 6.20. The van der Waals surface area contributed by atoms with Crippen LogP contribution in [0.3, 0.4) is 0 Å². The van der Waals surface area contributed by atoms with Crippen LogP contribution in [-0.4, -0.2) is 57.6 Å². The Labute approximate surface area is 107 Å². The van der Waals surface area contributed by atoms with Crippen LogP contribution in [0.4, 0.5) is 4.79 Å². The zero-order chi connectivity index (χ0) is 12.8. The predicted molar refractivity (Wildman–Crippen MR) is 65.1 cm³/mol. The number of ether oxygens (including phenoxy) is 3. The van der Waals surface area contributed by atoms with Crippen molar-refractivity contribution in [3.05, 3.63) is 0 Å². The molecule has 5 heteroatoms. The van der Waals surface area contributed by atoms with Crippen molar-refractivity contribution < 1.29 is 19.0 Å². The Balaban J connectivity index is 1.91. The molecule has 0 unspecified atom stereocenters. The number of amides is 1. The van der Waals surface area contributed by atoms with Gasteiger partial charge < -0.3 is 19.1 Å². The van der Waals surface area contributed by atoms with Gasteiger partial charge in [-0.15, -0.1) is 0 Å². The van der Waals surface area contributed by atoms with Gasteiger partial charge in [0, 0.05) is 18.5 Å². The minimum atomic E-state index is -0.252. The van der Waals surface area contributed by atoms with Crippen molar-refractivity contribution in [2.75, 3.05) is 46.6 Å². The number of hydrogen-bond donors (Lipinski definition) is 0. The van der Waals surface area contributed by atoms with Crippen LogP contribution < -0.4 is 0 Å². The SMILES string of the molecule is COC(=O)N1CCC2(CC1)COCC#CCOC2. The molecule has 5 nitrogen and oxygen atoms in total. The first-order chi connectivity index (χ1) is 8.76. The van der Waals surface area contributed by atoms with Crippen LogP contribution in [0.25, 0.3) is 0 Å². The van der Waals surface area contributed by atoms with Crippen molar-refractivity contribution in [1.29, 1.82) is 0 Å². The highest BCUT2D eigenvalue weighted by Gasteiger charge is 2.37. The average molecular weight is 253 g/mol. The molecule has 1 spiro atoms. The second-order valence-electron chi connectivity index (χ2n) is 4.80. The van der Waals surface area contributed by atoms with Gasteiger partial charge in [-0.1, -0.05) is 11.8 Å². The van der Waals surface area contributed by atoms with Crippen LogP contribution in [-0.2, 0) is 14.2 Å². The van der Waals surface area contributed by atoms with Gasteiger partial charge in [0.2, 0.25) is 0 Å². The third-order valence-electron chi connectivity index (χ3n) is 3.55. The van der Waals surface area contributed by atoms with E-state index in [4.69, 9.17) is 14.2 Å². The Bertz CT molecular complexity index is 334. The molecule has 1 fully saturated rings. The van der Waals surface area contributed by atoms with Gasteiger partial charge in [0.1, 0.15) is 13.2 Å². The number of carbonyl (C=O) groups excluding carboxylic acids is 1. The summed E-state index contributed by atoms with van der Waals surface area (Å²) in [7, 11) is 1.41. The van der Waals surface area contributed by atoms with Gasteiger partial charge in [-0.3, -0.25) is 0 Å². The minimum absolute atomic E-state index is 0.0121. The molecule has 0 bridgehead atoms. The molecule has 0 N–H and O–H groups in total. The highest BCUT2D eigenvalue weighted by atomic mass is 16.5. The second-order valence-corrected chi connectivity index (χ2v) is 4.80. The Morgan fingerprint density at radius 3 is 2.22 bits per heavy atom. The molecule has 2 aliphatic heterocycles. The molecule has 1 saturated heterocycles. The Kier molecular flexibility index (Phi) is 4.45. The van der Waals surface area contributed by atoms with Gasteiger partial charge >= 0.3 is 6.09 Å². The molecular weight excluding hydrogens is 234 g/mol. The van der Waals surface area contributed by atoms with Crippen LogP contribution in [0.15, 0.2) is 0 Å². The summed E-state index contributed by atoms with van der Waals surface area (Å²) >= 11 is 0. The molecule has 0 aromatic carbocycles. The predicted octanol–water partition coefficient (Wildman–Crippen LogP) is 0.885. The number of carbonyl (C=O) groups is 1. The van der Waals surface area contributed by atoms with Crippen molar-refractivity contribution >= 4 is 6.09 Å². The summed E-state index contributed by atoms with van der Waals surface area (Å²) < 4.78 is 15.9. The molecule has 100 valence electrons. The van der Waals surface area contributed by atoms with Crippen LogP contribution in [0.1, 0.15) is 12.8 Å². The maximum atomic E-state index is 11.4. The molecule has 0 aromatic heterocycles. The monoisotopic (exact) mass is 253 g/mol. The average Bonchev–Trinajstić information content (AvgIpc) is 2.52. The molecule has 0 atom stereocenters. The van der Waals surface area contributed by atoms with E-state index < -0.39 is 0 Å². The molecule has 2 rings (SSSR count). The van der Waals surface area contributed by atoms with Crippen molar-refractivity contribution in [2.45, 2.75) is 12.8 Å². The summed E-state index contributed by atoms with van der Waals surface area (Å²) in [5.41, 5.74) is 0.0121. The molecule has 2 heterocycles. The summed E-state index contributed by atoms with van der Waals surface area (Å²) in [6.07, 6.45) is 1.50. The lowest BCUT2D eigenvalue weighted by Crippen LogP contribution is -2.47. The Hall–Kier alpha value is -1.25. The maximum absolute atomic E-state index is 11.4. The van der Waals surface area contributed by atoms with E-state index in [1.165, 1.54) is 7.11 Å². The smallest absolute Gasteiger partial charge is 0.409 e. The van der Waals surface area contributed by atoms with Crippen molar-refractivity contribution in [3.63, 3.8) is 0 Å². The summed E-state index contributed by atoms with van der Waals surface area (Å²) in [4.78, 5) is 13.2. The van der Waals surface area contributed by atoms with Crippen LogP contribution in [0.5, 0.6) is 0 Å².